The molecule has 2 amide bonds. The number of benzene rings is 1. The number of ether oxygens (including phenoxy) is 7. The number of hydrogen-bond acceptors (Lipinski definition) is 16. The van der Waals surface area contributed by atoms with Crippen molar-refractivity contribution in [2.24, 2.45) is 0 Å². The molecule has 1 aromatic carbocycles. The minimum atomic E-state index is -1.43. The molecule has 0 spiro atoms. The highest BCUT2D eigenvalue weighted by molar-refractivity contribution is 14.1. The Labute approximate surface area is 345 Å². The van der Waals surface area contributed by atoms with Gasteiger partial charge in [-0.3, -0.25) is 43.2 Å². The molecule has 0 saturated heterocycles. The van der Waals surface area contributed by atoms with Crippen molar-refractivity contribution in [1.29, 1.82) is 0 Å². The Morgan fingerprint density at radius 3 is 1.45 bits per heavy atom. The predicted octanol–water partition coefficient (Wildman–Crippen LogP) is 2.82. The number of hydrogen-bond donors (Lipinski definition) is 1. The molecule has 0 aliphatic carbocycles. The zero-order valence-corrected chi connectivity index (χ0v) is 36.3. The molecule has 1 aromatic rings. The van der Waals surface area contributed by atoms with Crippen molar-refractivity contribution in [1.82, 2.24) is 4.90 Å². The van der Waals surface area contributed by atoms with Crippen molar-refractivity contribution >= 4 is 127 Å². The number of carbonyl (C=O) groups is 9. The summed E-state index contributed by atoms with van der Waals surface area (Å²) in [6.07, 6.45) is -4.09. The zero-order chi connectivity index (χ0) is 40.6. The molecule has 0 heterocycles. The van der Waals surface area contributed by atoms with E-state index in [0.29, 0.717) is 3.57 Å². The maximum absolute atomic E-state index is 14.7. The first-order chi connectivity index (χ1) is 24.6. The van der Waals surface area contributed by atoms with Crippen molar-refractivity contribution in [2.75, 3.05) is 38.2 Å². The van der Waals surface area contributed by atoms with Crippen LogP contribution in [0.1, 0.15) is 70.8 Å². The Bertz CT molecular complexity index is 1540. The van der Waals surface area contributed by atoms with Crippen LogP contribution in [0.2, 0.25) is 0 Å². The highest BCUT2D eigenvalue weighted by atomic mass is 127. The van der Waals surface area contributed by atoms with Gasteiger partial charge in [-0.25, -0.2) is 0 Å². The molecule has 0 fully saturated rings. The topological polar surface area (TPSA) is 234 Å². The molecule has 294 valence electrons. The molecule has 0 aliphatic heterocycles. The van der Waals surface area contributed by atoms with Crippen LogP contribution in [0.25, 0.3) is 0 Å². The minimum absolute atomic E-state index is 0.0552. The lowest BCUT2D eigenvalue weighted by Crippen LogP contribution is -2.47. The Morgan fingerprint density at radius 1 is 0.585 bits per heavy atom. The predicted molar refractivity (Wildman–Crippen MR) is 206 cm³/mol. The normalized spacial score (nSPS) is 12.2. The summed E-state index contributed by atoms with van der Waals surface area (Å²) in [5.74, 6) is -6.65. The van der Waals surface area contributed by atoms with Gasteiger partial charge in [0.25, 0.3) is 11.8 Å². The summed E-state index contributed by atoms with van der Waals surface area (Å²) >= 11 is 5.56. The molecule has 0 radical (unpaired) electrons. The van der Waals surface area contributed by atoms with Crippen molar-refractivity contribution in [3.05, 3.63) is 21.8 Å². The van der Waals surface area contributed by atoms with Crippen LogP contribution in [-0.4, -0.2) is 110 Å². The molecule has 3 atom stereocenters. The average Bonchev–Trinajstić information content (AvgIpc) is 3.02. The van der Waals surface area contributed by atoms with Crippen LogP contribution in [-0.2, 0) is 78.1 Å². The van der Waals surface area contributed by atoms with Crippen LogP contribution in [0.15, 0.2) is 0 Å². The van der Waals surface area contributed by atoms with Gasteiger partial charge in [0.2, 0.25) is 0 Å². The summed E-state index contributed by atoms with van der Waals surface area (Å²) in [5.41, 5.74) is 0.285. The summed E-state index contributed by atoms with van der Waals surface area (Å²) in [5, 5.41) is 2.67. The molecule has 0 aliphatic rings. The van der Waals surface area contributed by atoms with Gasteiger partial charge in [-0.1, -0.05) is 0 Å². The number of esters is 7. The van der Waals surface area contributed by atoms with E-state index in [1.807, 2.05) is 67.8 Å². The molecule has 18 nitrogen and oxygen atoms in total. The highest BCUT2D eigenvalue weighted by Gasteiger charge is 2.34. The number of rotatable bonds is 19. The molecular weight excluding hydrogens is 1050 g/mol. The molecule has 1 N–H and O–H groups in total. The van der Waals surface area contributed by atoms with Gasteiger partial charge < -0.3 is 43.4 Å². The van der Waals surface area contributed by atoms with Gasteiger partial charge in [0.05, 0.1) is 34.5 Å². The third-order valence-corrected chi connectivity index (χ3v) is 9.78. The van der Waals surface area contributed by atoms with E-state index in [0.717, 1.165) is 39.5 Å². The highest BCUT2D eigenvalue weighted by Crippen LogP contribution is 2.37. The van der Waals surface area contributed by atoms with Crippen LogP contribution in [0.4, 0.5) is 5.69 Å². The smallest absolute Gasteiger partial charge is 0.303 e. The molecule has 0 bridgehead atoms. The van der Waals surface area contributed by atoms with E-state index in [9.17, 15) is 43.2 Å². The van der Waals surface area contributed by atoms with Gasteiger partial charge in [0.15, 0.2) is 18.3 Å². The van der Waals surface area contributed by atoms with E-state index < -0.39 is 98.2 Å². The van der Waals surface area contributed by atoms with Crippen molar-refractivity contribution < 1.29 is 76.3 Å². The van der Waals surface area contributed by atoms with Crippen LogP contribution in [0.3, 0.4) is 0 Å². The van der Waals surface area contributed by atoms with E-state index in [4.69, 9.17) is 33.2 Å². The van der Waals surface area contributed by atoms with Gasteiger partial charge in [0.1, 0.15) is 19.8 Å². The van der Waals surface area contributed by atoms with Crippen LogP contribution < -0.4 is 5.32 Å². The fraction of sp³-hybridized carbons (Fsp3) is 0.531. The molecule has 53 heavy (non-hydrogen) atoms. The van der Waals surface area contributed by atoms with E-state index in [1.54, 1.807) is 0 Å². The standard InChI is InChI=1S/C32H39I3N2O16/c1-15(38)47-9-8-25(53-21(7)44)31(45)36-30-28(34)24(14-50-18(4)41)27(33)26(29(30)35)32(46)37(10-22(51-19(5)42)12-48-16(2)39)11-23(52-20(6)43)13-49-17(3)40/h22-23,25H,8-14H2,1-7H3,(H,36,45). The van der Waals surface area contributed by atoms with Crippen molar-refractivity contribution in [3.8, 4) is 0 Å². The lowest BCUT2D eigenvalue weighted by atomic mass is 10.1. The first kappa shape index (κ1) is 47.7. The van der Waals surface area contributed by atoms with Gasteiger partial charge >= 0.3 is 41.8 Å². The molecule has 1 rings (SSSR count). The Hall–Kier alpha value is -3.36. The number of amides is 2. The largest absolute Gasteiger partial charge is 0.466 e. The summed E-state index contributed by atoms with van der Waals surface area (Å²) in [6, 6.07) is 0. The van der Waals surface area contributed by atoms with Crippen LogP contribution in [0.5, 0.6) is 0 Å². The maximum atomic E-state index is 14.7. The molecular formula is C32H39I3N2O16. The Morgan fingerprint density at radius 2 is 1.04 bits per heavy atom. The number of halogens is 3. The third-order valence-electron chi connectivity index (χ3n) is 6.32. The first-order valence-corrected chi connectivity index (χ1v) is 18.7. The molecule has 0 saturated carbocycles. The number of nitrogens with zero attached hydrogens (tertiary/aromatic N) is 1. The Balaban J connectivity index is 3.97. The zero-order valence-electron chi connectivity index (χ0n) is 29.8. The summed E-state index contributed by atoms with van der Waals surface area (Å²) in [4.78, 5) is 112. The first-order valence-electron chi connectivity index (χ1n) is 15.5. The average molecular weight is 1090 g/mol. The van der Waals surface area contributed by atoms with Crippen LogP contribution in [0, 0.1) is 10.7 Å². The van der Waals surface area contributed by atoms with Crippen molar-refractivity contribution in [3.63, 3.8) is 0 Å². The quantitative estimate of drug-likeness (QED) is 0.119. The monoisotopic (exact) mass is 1090 g/mol. The van der Waals surface area contributed by atoms with E-state index in [1.165, 1.54) is 13.8 Å². The summed E-state index contributed by atoms with van der Waals surface area (Å²) < 4.78 is 36.9. The molecule has 21 heteroatoms. The Kier molecular flexibility index (Phi) is 21.1. The SMILES string of the molecule is CC(=O)OCCC(OC(C)=O)C(=O)Nc1c(I)c(COC(C)=O)c(I)c(C(=O)N(CC(COC(C)=O)OC(C)=O)CC(COC(C)=O)OC(C)=O)c1I. The second-order valence-electron chi connectivity index (χ2n) is 10.9. The number of anilines is 1. The van der Waals surface area contributed by atoms with E-state index in [-0.39, 0.29) is 43.6 Å². The lowest BCUT2D eigenvalue weighted by molar-refractivity contribution is -0.159. The van der Waals surface area contributed by atoms with Gasteiger partial charge in [-0.15, -0.1) is 0 Å². The van der Waals surface area contributed by atoms with Crippen molar-refractivity contribution in [2.45, 2.75) is 79.8 Å². The molecule has 0 aromatic heterocycles. The van der Waals surface area contributed by atoms with E-state index in [2.05, 4.69) is 5.32 Å². The molecule has 3 unspecified atom stereocenters. The third kappa shape index (κ3) is 17.6. The van der Waals surface area contributed by atoms with Gasteiger partial charge in [-0.2, -0.15) is 0 Å². The minimum Gasteiger partial charge on any atom is -0.466 e. The van der Waals surface area contributed by atoms with E-state index >= 15 is 0 Å². The fourth-order valence-corrected chi connectivity index (χ4v) is 8.51. The van der Waals surface area contributed by atoms with Crippen LogP contribution >= 0.6 is 67.8 Å². The summed E-state index contributed by atoms with van der Waals surface area (Å²) in [7, 11) is 0. The second-order valence-corrected chi connectivity index (χ2v) is 14.2. The summed E-state index contributed by atoms with van der Waals surface area (Å²) in [6.45, 7) is 5.47. The second kappa shape index (κ2) is 23.4. The maximum Gasteiger partial charge on any atom is 0.303 e. The number of carbonyl (C=O) groups excluding carboxylic acids is 9. The van der Waals surface area contributed by atoms with Gasteiger partial charge in [0, 0.05) is 67.6 Å². The lowest BCUT2D eigenvalue weighted by Gasteiger charge is -2.31. The number of nitrogens with one attached hydrogen (secondary N) is 1. The fourth-order valence-electron chi connectivity index (χ4n) is 4.30. The van der Waals surface area contributed by atoms with Gasteiger partial charge in [-0.05, 0) is 67.8 Å².